The maximum absolute atomic E-state index is 13.8. The lowest BCUT2D eigenvalue weighted by molar-refractivity contribution is -0.196. The van der Waals surface area contributed by atoms with Gasteiger partial charge in [0.2, 0.25) is 0 Å². The molecule has 148 valence electrons. The van der Waals surface area contributed by atoms with E-state index >= 15 is 0 Å². The van der Waals surface area contributed by atoms with Crippen molar-refractivity contribution in [1.29, 1.82) is 0 Å². The second-order valence-electron chi connectivity index (χ2n) is 6.16. The highest BCUT2D eigenvalue weighted by atomic mass is 19.4. The lowest BCUT2D eigenvalue weighted by atomic mass is 10.1. The summed E-state index contributed by atoms with van der Waals surface area (Å²) in [7, 11) is 2.71. The van der Waals surface area contributed by atoms with Crippen LogP contribution in [-0.4, -0.2) is 54.7 Å². The topological polar surface area (TPSA) is 80.2 Å². The molecule has 0 aromatic heterocycles. The number of halogens is 3. The van der Waals surface area contributed by atoms with E-state index < -0.39 is 29.7 Å². The van der Waals surface area contributed by atoms with Crippen LogP contribution in [0.2, 0.25) is 0 Å². The first-order valence-electron chi connectivity index (χ1n) is 8.00. The number of ether oxygens (including phenoxy) is 2. The van der Waals surface area contributed by atoms with Crippen LogP contribution in [0.25, 0.3) is 0 Å². The number of methoxy groups -OCH3 is 2. The lowest BCUT2D eigenvalue weighted by Gasteiger charge is -2.30. The van der Waals surface area contributed by atoms with Crippen LogP contribution in [0, 0.1) is 0 Å². The van der Waals surface area contributed by atoms with Crippen LogP contribution in [0.1, 0.15) is 31.1 Å². The summed E-state index contributed by atoms with van der Waals surface area (Å²) in [5.41, 5.74) is -3.51. The first kappa shape index (κ1) is 20.5. The van der Waals surface area contributed by atoms with Gasteiger partial charge in [-0.3, -0.25) is 14.5 Å². The fraction of sp³-hybridized carbons (Fsp3) is 0.471. The van der Waals surface area contributed by atoms with E-state index in [9.17, 15) is 22.8 Å². The number of nitrogens with one attached hydrogen (secondary N) is 1. The monoisotopic (exact) mass is 387 g/mol. The van der Waals surface area contributed by atoms with Crippen molar-refractivity contribution >= 4 is 17.6 Å². The van der Waals surface area contributed by atoms with E-state index in [2.05, 4.69) is 4.99 Å². The van der Waals surface area contributed by atoms with E-state index in [-0.39, 0.29) is 17.1 Å². The van der Waals surface area contributed by atoms with Crippen LogP contribution < -0.4 is 14.8 Å². The third-order valence-corrected chi connectivity index (χ3v) is 4.07. The Morgan fingerprint density at radius 3 is 2.26 bits per heavy atom. The first-order chi connectivity index (χ1) is 12.5. The molecule has 1 aliphatic rings. The predicted molar refractivity (Wildman–Crippen MR) is 90.9 cm³/mol. The first-order valence-corrected chi connectivity index (χ1v) is 8.00. The maximum Gasteiger partial charge on any atom is 0.442 e. The van der Waals surface area contributed by atoms with Crippen LogP contribution in [0.15, 0.2) is 23.2 Å². The molecule has 0 aliphatic carbocycles. The van der Waals surface area contributed by atoms with Gasteiger partial charge in [0, 0.05) is 11.6 Å². The summed E-state index contributed by atoms with van der Waals surface area (Å²) in [6.07, 6.45) is -5.12. The van der Waals surface area contributed by atoms with E-state index in [4.69, 9.17) is 9.47 Å². The average molecular weight is 387 g/mol. The Morgan fingerprint density at radius 1 is 1.22 bits per heavy atom. The number of alkyl halides is 3. The summed E-state index contributed by atoms with van der Waals surface area (Å²) in [6, 6.07) is 3.30. The van der Waals surface area contributed by atoms with Crippen molar-refractivity contribution in [3.8, 4) is 11.5 Å². The number of carbonyl (C=O) groups excluding carboxylic acids is 2. The minimum absolute atomic E-state index is 0.125. The van der Waals surface area contributed by atoms with Crippen molar-refractivity contribution in [1.82, 2.24) is 10.2 Å². The Balaban J connectivity index is 2.45. The number of benzene rings is 1. The number of hydrogen-bond donors (Lipinski definition) is 1. The molecule has 2 rings (SSSR count). The SMILES string of the molecule is COc1ccc(C(=O)NC2(C(F)(F)F)N=C(C)N(C(C)C)C2=O)cc1OC. The molecular weight excluding hydrogens is 367 g/mol. The van der Waals surface area contributed by atoms with E-state index in [1.807, 2.05) is 0 Å². The van der Waals surface area contributed by atoms with Gasteiger partial charge in [0.25, 0.3) is 11.8 Å². The molecule has 0 fully saturated rings. The number of hydrogen-bond acceptors (Lipinski definition) is 5. The second kappa shape index (κ2) is 7.09. The molecule has 7 nitrogen and oxygen atoms in total. The molecule has 0 saturated heterocycles. The number of rotatable bonds is 5. The van der Waals surface area contributed by atoms with E-state index in [0.717, 1.165) is 4.90 Å². The fourth-order valence-electron chi connectivity index (χ4n) is 2.82. The number of carbonyl (C=O) groups is 2. The van der Waals surface area contributed by atoms with Gasteiger partial charge in [-0.15, -0.1) is 0 Å². The highest BCUT2D eigenvalue weighted by Crippen LogP contribution is 2.38. The Labute approximate surface area is 154 Å². The molecule has 27 heavy (non-hydrogen) atoms. The predicted octanol–water partition coefficient (Wildman–Crippen LogP) is 2.36. The highest BCUT2D eigenvalue weighted by molar-refractivity contribution is 6.10. The van der Waals surface area contributed by atoms with Crippen molar-refractivity contribution < 1.29 is 32.2 Å². The zero-order chi connectivity index (χ0) is 20.6. The molecule has 1 aromatic carbocycles. The molecule has 1 N–H and O–H groups in total. The van der Waals surface area contributed by atoms with E-state index in [1.165, 1.54) is 39.3 Å². The Bertz CT molecular complexity index is 792. The highest BCUT2D eigenvalue weighted by Gasteiger charge is 2.66. The van der Waals surface area contributed by atoms with Gasteiger partial charge < -0.3 is 14.8 Å². The zero-order valence-electron chi connectivity index (χ0n) is 15.5. The smallest absolute Gasteiger partial charge is 0.442 e. The molecule has 1 unspecified atom stereocenters. The number of amidine groups is 1. The molecule has 0 spiro atoms. The number of aliphatic imine (C=N–C) groups is 1. The molecule has 0 radical (unpaired) electrons. The van der Waals surface area contributed by atoms with Crippen molar-refractivity contribution in [2.75, 3.05) is 14.2 Å². The van der Waals surface area contributed by atoms with Crippen LogP contribution in [0.5, 0.6) is 11.5 Å². The quantitative estimate of drug-likeness (QED) is 0.841. The van der Waals surface area contributed by atoms with Crippen molar-refractivity contribution in [3.63, 3.8) is 0 Å². The summed E-state index contributed by atoms with van der Waals surface area (Å²) in [4.78, 5) is 29.5. The average Bonchev–Trinajstić information content (AvgIpc) is 2.84. The third kappa shape index (κ3) is 3.43. The molecular formula is C17H20F3N3O4. The van der Waals surface area contributed by atoms with Gasteiger partial charge in [-0.25, -0.2) is 4.99 Å². The lowest BCUT2D eigenvalue weighted by Crippen LogP contribution is -2.64. The molecule has 10 heteroatoms. The van der Waals surface area contributed by atoms with Crippen LogP contribution in [0.4, 0.5) is 13.2 Å². The molecule has 1 aliphatic heterocycles. The molecule has 1 heterocycles. The normalized spacial score (nSPS) is 20.0. The van der Waals surface area contributed by atoms with E-state index in [0.29, 0.717) is 5.75 Å². The Kier molecular flexibility index (Phi) is 5.39. The van der Waals surface area contributed by atoms with E-state index in [1.54, 1.807) is 19.2 Å². The summed E-state index contributed by atoms with van der Waals surface area (Å²) in [5, 5.41) is 1.76. The Hall–Kier alpha value is -2.78. The van der Waals surface area contributed by atoms with Gasteiger partial charge in [-0.05, 0) is 39.0 Å². The van der Waals surface area contributed by atoms with Crippen molar-refractivity contribution in [3.05, 3.63) is 23.8 Å². The van der Waals surface area contributed by atoms with Gasteiger partial charge >= 0.3 is 11.8 Å². The second-order valence-corrected chi connectivity index (χ2v) is 6.16. The van der Waals surface area contributed by atoms with Crippen LogP contribution in [-0.2, 0) is 4.79 Å². The Morgan fingerprint density at radius 2 is 1.81 bits per heavy atom. The third-order valence-electron chi connectivity index (χ3n) is 4.07. The molecule has 1 aromatic rings. The summed E-state index contributed by atoms with van der Waals surface area (Å²) >= 11 is 0. The largest absolute Gasteiger partial charge is 0.493 e. The van der Waals surface area contributed by atoms with Gasteiger partial charge in [-0.2, -0.15) is 13.2 Å². The summed E-state index contributed by atoms with van der Waals surface area (Å²) in [6.45, 7) is 4.40. The molecule has 0 saturated carbocycles. The van der Waals surface area contributed by atoms with Gasteiger partial charge in [0.15, 0.2) is 11.5 Å². The van der Waals surface area contributed by atoms with Gasteiger partial charge in [0.05, 0.1) is 14.2 Å². The molecule has 2 amide bonds. The standard InChI is InChI=1S/C17H20F3N3O4/c1-9(2)23-10(3)21-16(15(23)25,17(18,19)20)22-14(24)11-6-7-12(26-4)13(8-11)27-5/h6-9H,1-5H3,(H,22,24). The molecule has 0 bridgehead atoms. The van der Waals surface area contributed by atoms with Crippen molar-refractivity contribution in [2.24, 2.45) is 4.99 Å². The number of amides is 2. The summed E-state index contributed by atoms with van der Waals surface area (Å²) < 4.78 is 51.5. The molecule has 1 atom stereocenters. The fourth-order valence-corrected chi connectivity index (χ4v) is 2.82. The summed E-state index contributed by atoms with van der Waals surface area (Å²) in [5.74, 6) is -2.14. The number of nitrogens with zero attached hydrogens (tertiary/aromatic N) is 2. The van der Waals surface area contributed by atoms with Crippen LogP contribution >= 0.6 is 0 Å². The maximum atomic E-state index is 13.8. The van der Waals surface area contributed by atoms with Gasteiger partial charge in [0.1, 0.15) is 5.84 Å². The minimum atomic E-state index is -5.12. The van der Waals surface area contributed by atoms with Crippen LogP contribution in [0.3, 0.4) is 0 Å². The van der Waals surface area contributed by atoms with Gasteiger partial charge in [-0.1, -0.05) is 0 Å². The zero-order valence-corrected chi connectivity index (χ0v) is 15.5. The minimum Gasteiger partial charge on any atom is -0.493 e. The van der Waals surface area contributed by atoms with Crippen molar-refractivity contribution in [2.45, 2.75) is 38.7 Å².